The molecule has 0 spiro atoms. The van der Waals surface area contributed by atoms with Gasteiger partial charge in [0.1, 0.15) is 5.82 Å². The molecule has 1 aromatic carbocycles. The zero-order chi connectivity index (χ0) is 16.9. The maximum atomic E-state index is 6.02. The molecule has 3 rings (SSSR count). The van der Waals surface area contributed by atoms with Crippen LogP contribution in [0.2, 0.25) is 5.02 Å². The zero-order valence-corrected chi connectivity index (χ0v) is 14.5. The summed E-state index contributed by atoms with van der Waals surface area (Å²) in [6.07, 6.45) is 7.70. The minimum Gasteiger partial charge on any atom is -0.385 e. The van der Waals surface area contributed by atoms with Crippen molar-refractivity contribution in [3.8, 4) is 0 Å². The lowest BCUT2D eigenvalue weighted by molar-refractivity contribution is 0.250. The first-order chi connectivity index (χ1) is 11.7. The molecule has 0 bridgehead atoms. The Morgan fingerprint density at radius 3 is 2.54 bits per heavy atom. The first kappa shape index (κ1) is 16.7. The van der Waals surface area contributed by atoms with E-state index in [1.807, 2.05) is 30.5 Å². The molecular formula is C19H23ClN4. The monoisotopic (exact) mass is 342 g/mol. The van der Waals surface area contributed by atoms with Crippen LogP contribution >= 0.6 is 11.6 Å². The smallest absolute Gasteiger partial charge is 0.108 e. The van der Waals surface area contributed by atoms with Gasteiger partial charge in [-0.3, -0.25) is 4.90 Å². The Balaban J connectivity index is 1.60. The van der Waals surface area contributed by atoms with E-state index in [2.05, 4.69) is 33.5 Å². The second kappa shape index (κ2) is 7.60. The zero-order valence-electron chi connectivity index (χ0n) is 13.7. The first-order valence-electron chi connectivity index (χ1n) is 8.15. The van der Waals surface area contributed by atoms with Crippen molar-refractivity contribution in [3.63, 3.8) is 0 Å². The Labute approximate surface area is 148 Å². The minimum atomic E-state index is 0.711. The molecule has 4 nitrogen and oxygen atoms in total. The number of allylic oxidation sites excluding steroid dienone is 2. The van der Waals surface area contributed by atoms with Gasteiger partial charge in [0.2, 0.25) is 0 Å². The van der Waals surface area contributed by atoms with E-state index in [-0.39, 0.29) is 0 Å². The second-order valence-corrected chi connectivity index (χ2v) is 6.41. The number of nitrogens with zero attached hydrogens (tertiary/aromatic N) is 2. The van der Waals surface area contributed by atoms with E-state index in [1.165, 1.54) is 11.3 Å². The summed E-state index contributed by atoms with van der Waals surface area (Å²) in [5.74, 6) is 0.711. The van der Waals surface area contributed by atoms with Crippen LogP contribution in [0.5, 0.6) is 0 Å². The Morgan fingerprint density at radius 2 is 1.88 bits per heavy atom. The van der Waals surface area contributed by atoms with Crippen LogP contribution in [-0.4, -0.2) is 36.1 Å². The van der Waals surface area contributed by atoms with Gasteiger partial charge >= 0.3 is 0 Å². The molecule has 0 radical (unpaired) electrons. The number of nitrogens with two attached hydrogens (primary N) is 1. The van der Waals surface area contributed by atoms with Gasteiger partial charge in [0.05, 0.1) is 0 Å². The molecule has 1 aliphatic heterocycles. The molecule has 24 heavy (non-hydrogen) atoms. The maximum Gasteiger partial charge on any atom is 0.108 e. The number of anilines is 2. The van der Waals surface area contributed by atoms with Crippen molar-refractivity contribution >= 4 is 29.2 Å². The van der Waals surface area contributed by atoms with Crippen LogP contribution in [0.25, 0.3) is 6.08 Å². The van der Waals surface area contributed by atoms with Crippen molar-refractivity contribution in [2.24, 2.45) is 0 Å². The number of nitrogens with one attached hydrogen (secondary N) is 1. The summed E-state index contributed by atoms with van der Waals surface area (Å²) in [6, 6.07) is 8.07. The normalized spacial score (nSPS) is 16.0. The van der Waals surface area contributed by atoms with Gasteiger partial charge in [-0.2, -0.15) is 0 Å². The molecule has 5 heteroatoms. The average Bonchev–Trinajstić information content (AvgIpc) is 2.94. The van der Waals surface area contributed by atoms with E-state index in [9.17, 15) is 0 Å². The number of benzene rings is 1. The predicted molar refractivity (Wildman–Crippen MR) is 103 cm³/mol. The lowest BCUT2D eigenvalue weighted by atomic mass is 10.1. The molecule has 126 valence electrons. The van der Waals surface area contributed by atoms with Gasteiger partial charge < -0.3 is 15.6 Å². The Bertz CT molecular complexity index is 709. The molecule has 1 saturated heterocycles. The fourth-order valence-electron chi connectivity index (χ4n) is 3.04. The van der Waals surface area contributed by atoms with Crippen LogP contribution in [0.1, 0.15) is 11.1 Å². The second-order valence-electron chi connectivity index (χ2n) is 5.98. The summed E-state index contributed by atoms with van der Waals surface area (Å²) in [7, 11) is 0. The molecule has 0 saturated carbocycles. The molecule has 0 aliphatic carbocycles. The van der Waals surface area contributed by atoms with Crippen molar-refractivity contribution in [1.29, 1.82) is 0 Å². The number of piperazine rings is 1. The topological polar surface area (TPSA) is 48.3 Å². The third kappa shape index (κ3) is 3.83. The van der Waals surface area contributed by atoms with Gasteiger partial charge in [0.15, 0.2) is 0 Å². The van der Waals surface area contributed by atoms with E-state index >= 15 is 0 Å². The molecule has 0 unspecified atom stereocenters. The van der Waals surface area contributed by atoms with E-state index in [4.69, 9.17) is 17.3 Å². The van der Waals surface area contributed by atoms with Crippen LogP contribution in [0, 0.1) is 0 Å². The van der Waals surface area contributed by atoms with Crippen LogP contribution in [-0.2, 0) is 6.54 Å². The average molecular weight is 343 g/mol. The standard InChI is InChI=1S/C19H23ClN4/c1-2-3-4-18-15(13-22-19(18)21)14-23-9-11-24(12-10-23)17-7-5-16(20)6-8-17/h2-8,13,22H,1,9-12,14,21H2/b4-3-. The summed E-state index contributed by atoms with van der Waals surface area (Å²) in [5.41, 5.74) is 9.55. The molecule has 1 aromatic heterocycles. The third-order valence-electron chi connectivity index (χ3n) is 4.40. The molecule has 2 aromatic rings. The Morgan fingerprint density at radius 1 is 1.17 bits per heavy atom. The summed E-state index contributed by atoms with van der Waals surface area (Å²) < 4.78 is 0. The van der Waals surface area contributed by atoms with E-state index in [0.29, 0.717) is 5.82 Å². The van der Waals surface area contributed by atoms with Gasteiger partial charge in [0.25, 0.3) is 0 Å². The SMILES string of the molecule is C=C/C=C\c1c(CN2CCN(c3ccc(Cl)cc3)CC2)c[nH]c1N. The molecule has 1 fully saturated rings. The number of hydrogen-bond donors (Lipinski definition) is 2. The van der Waals surface area contributed by atoms with Crippen LogP contribution in [0.15, 0.2) is 49.2 Å². The molecule has 2 heterocycles. The Kier molecular flexibility index (Phi) is 5.28. The molecule has 0 atom stereocenters. The highest BCUT2D eigenvalue weighted by atomic mass is 35.5. The quantitative estimate of drug-likeness (QED) is 0.813. The van der Waals surface area contributed by atoms with Crippen LogP contribution < -0.4 is 10.6 Å². The van der Waals surface area contributed by atoms with Crippen LogP contribution in [0.3, 0.4) is 0 Å². The summed E-state index contributed by atoms with van der Waals surface area (Å²) in [5, 5.41) is 0.780. The fourth-order valence-corrected chi connectivity index (χ4v) is 3.17. The maximum absolute atomic E-state index is 6.02. The van der Waals surface area contributed by atoms with Gasteiger partial charge in [-0.05, 0) is 29.8 Å². The lowest BCUT2D eigenvalue weighted by Crippen LogP contribution is -2.46. The number of rotatable bonds is 5. The van der Waals surface area contributed by atoms with Crippen LogP contribution in [0.4, 0.5) is 11.5 Å². The third-order valence-corrected chi connectivity index (χ3v) is 4.65. The van der Waals surface area contributed by atoms with Gasteiger partial charge in [-0.15, -0.1) is 0 Å². The Hall–Kier alpha value is -2.17. The molecule has 3 N–H and O–H groups in total. The van der Waals surface area contributed by atoms with E-state index < -0.39 is 0 Å². The number of halogens is 1. The molecule has 1 aliphatic rings. The van der Waals surface area contributed by atoms with E-state index in [1.54, 1.807) is 6.08 Å². The highest BCUT2D eigenvalue weighted by Gasteiger charge is 2.18. The number of aromatic amines is 1. The highest BCUT2D eigenvalue weighted by molar-refractivity contribution is 6.30. The molecular weight excluding hydrogens is 320 g/mol. The minimum absolute atomic E-state index is 0.711. The van der Waals surface area contributed by atoms with Crippen molar-refractivity contribution < 1.29 is 0 Å². The van der Waals surface area contributed by atoms with Crippen molar-refractivity contribution in [1.82, 2.24) is 9.88 Å². The number of aromatic nitrogens is 1. The fraction of sp³-hybridized carbons (Fsp3) is 0.263. The van der Waals surface area contributed by atoms with Crippen molar-refractivity contribution in [3.05, 3.63) is 65.3 Å². The van der Waals surface area contributed by atoms with Gasteiger partial charge in [-0.25, -0.2) is 0 Å². The largest absolute Gasteiger partial charge is 0.385 e. The lowest BCUT2D eigenvalue weighted by Gasteiger charge is -2.36. The number of nitrogen functional groups attached to an aromatic ring is 1. The van der Waals surface area contributed by atoms with Crippen molar-refractivity contribution in [2.45, 2.75) is 6.54 Å². The van der Waals surface area contributed by atoms with E-state index in [0.717, 1.165) is 43.3 Å². The van der Waals surface area contributed by atoms with Crippen molar-refractivity contribution in [2.75, 3.05) is 36.8 Å². The summed E-state index contributed by atoms with van der Waals surface area (Å²) in [4.78, 5) is 7.98. The highest BCUT2D eigenvalue weighted by Crippen LogP contribution is 2.23. The predicted octanol–water partition coefficient (Wildman–Crippen LogP) is 3.77. The summed E-state index contributed by atoms with van der Waals surface area (Å²) >= 11 is 5.97. The van der Waals surface area contributed by atoms with Gasteiger partial charge in [0, 0.05) is 55.2 Å². The molecule has 0 amide bonds. The number of hydrogen-bond acceptors (Lipinski definition) is 3. The number of H-pyrrole nitrogens is 1. The van der Waals surface area contributed by atoms with Gasteiger partial charge in [-0.1, -0.05) is 36.4 Å². The first-order valence-corrected chi connectivity index (χ1v) is 8.53. The summed E-state index contributed by atoms with van der Waals surface area (Å²) in [6.45, 7) is 8.70.